The van der Waals surface area contributed by atoms with Gasteiger partial charge in [-0.2, -0.15) is 0 Å². The maximum atomic E-state index is 13.5. The standard InChI is InChI=1S/C26H23ClN4O3/c1-17-20(27)11-8-13-21(17)28-24(33)16-31-23-14-7-6-12-22(23)29-25(26(31)34)30(18(2)32)15-19-9-4-3-5-10-19/h3-14H,15-16H2,1-2H3,(H,28,33). The highest BCUT2D eigenvalue weighted by atomic mass is 35.5. The van der Waals surface area contributed by atoms with Crippen molar-refractivity contribution in [1.82, 2.24) is 9.55 Å². The molecule has 0 radical (unpaired) electrons. The number of nitrogens with one attached hydrogen (secondary N) is 1. The minimum Gasteiger partial charge on any atom is -0.324 e. The Hall–Kier alpha value is -3.97. The number of aromatic nitrogens is 2. The molecule has 172 valence electrons. The molecule has 2 amide bonds. The van der Waals surface area contributed by atoms with Gasteiger partial charge in [0.1, 0.15) is 6.54 Å². The molecule has 0 unspecified atom stereocenters. The average molecular weight is 475 g/mol. The molecule has 1 N–H and O–H groups in total. The van der Waals surface area contributed by atoms with E-state index in [4.69, 9.17) is 11.6 Å². The zero-order valence-corrected chi connectivity index (χ0v) is 19.5. The Morgan fingerprint density at radius 3 is 2.44 bits per heavy atom. The number of halogens is 1. The van der Waals surface area contributed by atoms with Gasteiger partial charge in [-0.3, -0.25) is 23.9 Å². The smallest absolute Gasteiger partial charge is 0.294 e. The van der Waals surface area contributed by atoms with Gasteiger partial charge in [-0.05, 0) is 42.3 Å². The molecule has 8 heteroatoms. The zero-order chi connectivity index (χ0) is 24.2. The first-order valence-corrected chi connectivity index (χ1v) is 11.1. The van der Waals surface area contributed by atoms with Gasteiger partial charge in [-0.15, -0.1) is 0 Å². The first kappa shape index (κ1) is 23.2. The van der Waals surface area contributed by atoms with Crippen molar-refractivity contribution in [2.75, 3.05) is 10.2 Å². The Bertz CT molecular complexity index is 1430. The fraction of sp³-hybridized carbons (Fsp3) is 0.154. The van der Waals surface area contributed by atoms with Crippen molar-refractivity contribution >= 4 is 46.0 Å². The summed E-state index contributed by atoms with van der Waals surface area (Å²) >= 11 is 6.16. The van der Waals surface area contributed by atoms with Crippen molar-refractivity contribution in [3.8, 4) is 0 Å². The summed E-state index contributed by atoms with van der Waals surface area (Å²) in [7, 11) is 0. The van der Waals surface area contributed by atoms with E-state index in [0.717, 1.165) is 11.1 Å². The third kappa shape index (κ3) is 4.84. The van der Waals surface area contributed by atoms with Gasteiger partial charge in [0.2, 0.25) is 17.6 Å². The average Bonchev–Trinajstić information content (AvgIpc) is 2.83. The van der Waals surface area contributed by atoms with Crippen LogP contribution in [0, 0.1) is 6.92 Å². The van der Waals surface area contributed by atoms with Crippen LogP contribution in [0.1, 0.15) is 18.1 Å². The Labute approximate surface area is 201 Å². The number of anilines is 2. The molecule has 4 aromatic rings. The predicted octanol–water partition coefficient (Wildman–Crippen LogP) is 4.55. The van der Waals surface area contributed by atoms with Crippen LogP contribution in [0.5, 0.6) is 0 Å². The number of carbonyl (C=O) groups excluding carboxylic acids is 2. The van der Waals surface area contributed by atoms with Crippen molar-refractivity contribution in [3.63, 3.8) is 0 Å². The summed E-state index contributed by atoms with van der Waals surface area (Å²) in [5.41, 5.74) is 2.63. The van der Waals surface area contributed by atoms with Crippen LogP contribution in [0.3, 0.4) is 0 Å². The fourth-order valence-corrected chi connectivity index (χ4v) is 3.86. The van der Waals surface area contributed by atoms with Gasteiger partial charge >= 0.3 is 0 Å². The van der Waals surface area contributed by atoms with Gasteiger partial charge < -0.3 is 5.32 Å². The number of amides is 2. The van der Waals surface area contributed by atoms with Gasteiger partial charge in [-0.25, -0.2) is 4.98 Å². The lowest BCUT2D eigenvalue weighted by atomic mass is 10.2. The molecule has 4 rings (SSSR count). The quantitative estimate of drug-likeness (QED) is 0.444. The van der Waals surface area contributed by atoms with E-state index in [1.165, 1.54) is 16.4 Å². The van der Waals surface area contributed by atoms with Gasteiger partial charge in [0.25, 0.3) is 5.56 Å². The molecule has 0 atom stereocenters. The molecule has 0 fully saturated rings. The molecular formula is C26H23ClN4O3. The summed E-state index contributed by atoms with van der Waals surface area (Å²) in [5.74, 6) is -0.747. The summed E-state index contributed by atoms with van der Waals surface area (Å²) in [6, 6.07) is 21.6. The highest BCUT2D eigenvalue weighted by molar-refractivity contribution is 6.31. The van der Waals surface area contributed by atoms with E-state index in [9.17, 15) is 14.4 Å². The van der Waals surface area contributed by atoms with Crippen molar-refractivity contribution in [2.24, 2.45) is 0 Å². The highest BCUT2D eigenvalue weighted by Gasteiger charge is 2.22. The van der Waals surface area contributed by atoms with Crippen LogP contribution in [0.4, 0.5) is 11.5 Å². The molecule has 1 heterocycles. The number of benzene rings is 3. The molecule has 0 aliphatic heterocycles. The summed E-state index contributed by atoms with van der Waals surface area (Å²) in [6.45, 7) is 3.12. The van der Waals surface area contributed by atoms with E-state index in [1.807, 2.05) is 30.3 Å². The lowest BCUT2D eigenvalue weighted by molar-refractivity contribution is -0.117. The first-order valence-electron chi connectivity index (χ1n) is 10.7. The van der Waals surface area contributed by atoms with Crippen LogP contribution in [-0.2, 0) is 22.7 Å². The summed E-state index contributed by atoms with van der Waals surface area (Å²) < 4.78 is 1.34. The zero-order valence-electron chi connectivity index (χ0n) is 18.8. The maximum absolute atomic E-state index is 13.5. The molecule has 7 nitrogen and oxygen atoms in total. The largest absolute Gasteiger partial charge is 0.324 e. The number of hydrogen-bond donors (Lipinski definition) is 1. The number of carbonyl (C=O) groups is 2. The van der Waals surface area contributed by atoms with Gasteiger partial charge in [0.05, 0.1) is 17.6 Å². The Balaban J connectivity index is 1.75. The third-order valence-electron chi connectivity index (χ3n) is 5.50. The van der Waals surface area contributed by atoms with Crippen LogP contribution in [0.25, 0.3) is 11.0 Å². The molecule has 0 saturated carbocycles. The number of fused-ring (bicyclic) bond motifs is 1. The first-order chi connectivity index (χ1) is 16.3. The lowest BCUT2D eigenvalue weighted by Gasteiger charge is -2.21. The van der Waals surface area contributed by atoms with Crippen molar-refractivity contribution < 1.29 is 9.59 Å². The Kier molecular flexibility index (Phi) is 6.75. The van der Waals surface area contributed by atoms with Gasteiger partial charge in [0, 0.05) is 17.6 Å². The van der Waals surface area contributed by atoms with E-state index >= 15 is 0 Å². The molecule has 0 saturated heterocycles. The molecule has 1 aromatic heterocycles. The summed E-state index contributed by atoms with van der Waals surface area (Å²) in [6.07, 6.45) is 0. The van der Waals surface area contributed by atoms with Crippen LogP contribution < -0.4 is 15.8 Å². The highest BCUT2D eigenvalue weighted by Crippen LogP contribution is 2.23. The fourth-order valence-electron chi connectivity index (χ4n) is 3.69. The Morgan fingerprint density at radius 1 is 1.00 bits per heavy atom. The molecule has 34 heavy (non-hydrogen) atoms. The second-order valence-electron chi connectivity index (χ2n) is 7.87. The topological polar surface area (TPSA) is 84.3 Å². The van der Waals surface area contributed by atoms with Gasteiger partial charge in [0.15, 0.2) is 0 Å². The molecule has 0 bridgehead atoms. The van der Waals surface area contributed by atoms with E-state index in [0.29, 0.717) is 21.7 Å². The SMILES string of the molecule is CC(=O)N(Cc1ccccc1)c1nc2ccccc2n(CC(=O)Nc2cccc(Cl)c2C)c1=O. The van der Waals surface area contributed by atoms with Crippen LogP contribution in [-0.4, -0.2) is 21.4 Å². The van der Waals surface area contributed by atoms with Crippen LogP contribution >= 0.6 is 11.6 Å². The minimum absolute atomic E-state index is 0.0261. The molecular weight excluding hydrogens is 452 g/mol. The lowest BCUT2D eigenvalue weighted by Crippen LogP contribution is -2.38. The van der Waals surface area contributed by atoms with Crippen LogP contribution in [0.2, 0.25) is 5.02 Å². The Morgan fingerprint density at radius 2 is 1.71 bits per heavy atom. The maximum Gasteiger partial charge on any atom is 0.294 e. The van der Waals surface area contributed by atoms with Crippen LogP contribution in [0.15, 0.2) is 77.6 Å². The molecule has 0 spiro atoms. The van der Waals surface area contributed by atoms with Gasteiger partial charge in [-0.1, -0.05) is 60.1 Å². The second-order valence-corrected chi connectivity index (χ2v) is 8.27. The molecule has 3 aromatic carbocycles. The predicted molar refractivity (Wildman–Crippen MR) is 134 cm³/mol. The number of hydrogen-bond acceptors (Lipinski definition) is 4. The van der Waals surface area contributed by atoms with Crippen molar-refractivity contribution in [1.29, 1.82) is 0 Å². The normalized spacial score (nSPS) is 10.8. The second kappa shape index (κ2) is 9.89. The van der Waals surface area contributed by atoms with E-state index in [2.05, 4.69) is 10.3 Å². The summed E-state index contributed by atoms with van der Waals surface area (Å²) in [4.78, 5) is 44.8. The van der Waals surface area contributed by atoms with E-state index in [-0.39, 0.29) is 24.8 Å². The van der Waals surface area contributed by atoms with E-state index < -0.39 is 11.5 Å². The molecule has 0 aliphatic carbocycles. The number of rotatable bonds is 6. The number of nitrogens with zero attached hydrogens (tertiary/aromatic N) is 3. The monoisotopic (exact) mass is 474 g/mol. The minimum atomic E-state index is -0.525. The summed E-state index contributed by atoms with van der Waals surface area (Å²) in [5, 5.41) is 3.35. The third-order valence-corrected chi connectivity index (χ3v) is 5.91. The van der Waals surface area contributed by atoms with Crippen molar-refractivity contribution in [3.05, 3.63) is 99.3 Å². The van der Waals surface area contributed by atoms with E-state index in [1.54, 1.807) is 49.4 Å². The molecule has 0 aliphatic rings. The van der Waals surface area contributed by atoms with Crippen molar-refractivity contribution in [2.45, 2.75) is 26.9 Å². The number of para-hydroxylation sites is 2.